The Morgan fingerprint density at radius 2 is 1.79 bits per heavy atom. The minimum Gasteiger partial charge on any atom is -0.465 e. The first-order valence-electron chi connectivity index (χ1n) is 9.17. The zero-order chi connectivity index (χ0) is 20.8. The molecule has 2 N–H and O–H groups in total. The zero-order valence-electron chi connectivity index (χ0n) is 16.2. The molecule has 1 atom stereocenters. The van der Waals surface area contributed by atoms with Crippen LogP contribution in [0.4, 0.5) is 0 Å². The molecule has 2 aromatic carbocycles. The molecule has 150 valence electrons. The Morgan fingerprint density at radius 1 is 1.07 bits per heavy atom. The fourth-order valence-corrected chi connectivity index (χ4v) is 2.94. The number of benzene rings is 2. The van der Waals surface area contributed by atoms with Crippen molar-refractivity contribution in [1.82, 2.24) is 10.3 Å². The lowest BCUT2D eigenvalue weighted by Gasteiger charge is -2.13. The fraction of sp³-hybridized carbons (Fsp3) is 0.227. The molecule has 29 heavy (non-hydrogen) atoms. The van der Waals surface area contributed by atoms with Crippen molar-refractivity contribution in [2.45, 2.75) is 26.0 Å². The Labute approximate surface area is 168 Å². The van der Waals surface area contributed by atoms with Gasteiger partial charge in [-0.2, -0.15) is 0 Å². The van der Waals surface area contributed by atoms with Crippen molar-refractivity contribution in [3.05, 3.63) is 71.4 Å². The van der Waals surface area contributed by atoms with Gasteiger partial charge in [-0.3, -0.25) is 9.59 Å². The van der Waals surface area contributed by atoms with Gasteiger partial charge in [0.2, 0.25) is 0 Å². The van der Waals surface area contributed by atoms with Gasteiger partial charge in [-0.15, -0.1) is 0 Å². The monoisotopic (exact) mass is 394 g/mol. The van der Waals surface area contributed by atoms with Gasteiger partial charge in [-0.25, -0.2) is 4.79 Å². The summed E-state index contributed by atoms with van der Waals surface area (Å²) < 4.78 is 9.91. The number of methoxy groups -OCH3 is 1. The van der Waals surface area contributed by atoms with Crippen LogP contribution in [0.2, 0.25) is 0 Å². The van der Waals surface area contributed by atoms with E-state index in [2.05, 4.69) is 15.0 Å². The van der Waals surface area contributed by atoms with E-state index in [-0.39, 0.29) is 13.0 Å². The molecule has 3 rings (SSSR count). The lowest BCUT2D eigenvalue weighted by molar-refractivity contribution is -0.154. The standard InChI is InChI=1S/C22H22N2O5/c1-14(21(26)24-12-15-7-9-16(10-8-15)22(27)28-2)29-20(25)11-17-13-23-19-6-4-3-5-18(17)19/h3-10,13-14,23H,11-12H2,1-2H3,(H,24,26)/t14-/m1/s1. The molecule has 0 saturated carbocycles. The summed E-state index contributed by atoms with van der Waals surface area (Å²) in [5.41, 5.74) is 3.01. The number of amides is 1. The van der Waals surface area contributed by atoms with E-state index in [1.807, 2.05) is 24.3 Å². The normalized spacial score (nSPS) is 11.7. The topological polar surface area (TPSA) is 97.5 Å². The highest BCUT2D eigenvalue weighted by Gasteiger charge is 2.19. The van der Waals surface area contributed by atoms with Crippen molar-refractivity contribution >= 4 is 28.7 Å². The summed E-state index contributed by atoms with van der Waals surface area (Å²) in [5.74, 6) is -1.29. The van der Waals surface area contributed by atoms with E-state index >= 15 is 0 Å². The Morgan fingerprint density at radius 3 is 2.52 bits per heavy atom. The molecule has 1 aromatic heterocycles. The zero-order valence-corrected chi connectivity index (χ0v) is 16.2. The number of H-pyrrole nitrogens is 1. The van der Waals surface area contributed by atoms with Crippen molar-refractivity contribution in [2.75, 3.05) is 7.11 Å². The molecule has 0 saturated heterocycles. The summed E-state index contributed by atoms with van der Waals surface area (Å²) in [7, 11) is 1.32. The van der Waals surface area contributed by atoms with Crippen molar-refractivity contribution < 1.29 is 23.9 Å². The molecule has 0 aliphatic rings. The summed E-state index contributed by atoms with van der Waals surface area (Å²) in [4.78, 5) is 39.0. The quantitative estimate of drug-likeness (QED) is 0.601. The predicted octanol–water partition coefficient (Wildman–Crippen LogP) is 2.75. The van der Waals surface area contributed by atoms with Crippen LogP contribution in [0.25, 0.3) is 10.9 Å². The molecule has 3 aromatic rings. The highest BCUT2D eigenvalue weighted by molar-refractivity contribution is 5.90. The molecule has 0 unspecified atom stereocenters. The van der Waals surface area contributed by atoms with Crippen LogP contribution in [0, 0.1) is 0 Å². The number of hydrogen-bond acceptors (Lipinski definition) is 5. The van der Waals surface area contributed by atoms with Gasteiger partial charge in [0, 0.05) is 23.6 Å². The summed E-state index contributed by atoms with van der Waals surface area (Å²) in [6.45, 7) is 1.79. The lowest BCUT2D eigenvalue weighted by atomic mass is 10.1. The molecule has 7 heteroatoms. The smallest absolute Gasteiger partial charge is 0.337 e. The number of ether oxygens (including phenoxy) is 2. The highest BCUT2D eigenvalue weighted by Crippen LogP contribution is 2.18. The Hall–Kier alpha value is -3.61. The number of para-hydroxylation sites is 1. The Kier molecular flexibility index (Phi) is 6.29. The van der Waals surface area contributed by atoms with Crippen LogP contribution >= 0.6 is 0 Å². The van der Waals surface area contributed by atoms with Crippen LogP contribution in [-0.4, -0.2) is 36.0 Å². The van der Waals surface area contributed by atoms with Crippen LogP contribution in [0.3, 0.4) is 0 Å². The minimum atomic E-state index is -0.915. The van der Waals surface area contributed by atoms with Crippen LogP contribution < -0.4 is 5.32 Å². The SMILES string of the molecule is COC(=O)c1ccc(CNC(=O)[C@@H](C)OC(=O)Cc2c[nH]c3ccccc23)cc1. The van der Waals surface area contributed by atoms with E-state index in [4.69, 9.17) is 4.74 Å². The third kappa shape index (κ3) is 5.01. The second kappa shape index (κ2) is 9.05. The largest absolute Gasteiger partial charge is 0.465 e. The van der Waals surface area contributed by atoms with Crippen molar-refractivity contribution in [3.63, 3.8) is 0 Å². The van der Waals surface area contributed by atoms with Crippen LogP contribution in [-0.2, 0) is 32.0 Å². The molecular weight excluding hydrogens is 372 g/mol. The minimum absolute atomic E-state index is 0.0800. The summed E-state index contributed by atoms with van der Waals surface area (Å²) in [6.07, 6.45) is 0.938. The second-order valence-corrected chi connectivity index (χ2v) is 6.57. The third-order valence-electron chi connectivity index (χ3n) is 4.53. The van der Waals surface area contributed by atoms with Crippen molar-refractivity contribution in [2.24, 2.45) is 0 Å². The summed E-state index contributed by atoms with van der Waals surface area (Å²) in [5, 5.41) is 3.67. The van der Waals surface area contributed by atoms with Crippen LogP contribution in [0.5, 0.6) is 0 Å². The average molecular weight is 394 g/mol. The first-order valence-corrected chi connectivity index (χ1v) is 9.17. The summed E-state index contributed by atoms with van der Waals surface area (Å²) >= 11 is 0. The lowest BCUT2D eigenvalue weighted by Crippen LogP contribution is -2.35. The molecule has 0 bridgehead atoms. The van der Waals surface area contributed by atoms with Gasteiger partial charge in [-0.1, -0.05) is 30.3 Å². The second-order valence-electron chi connectivity index (χ2n) is 6.57. The van der Waals surface area contributed by atoms with Gasteiger partial charge in [0.05, 0.1) is 19.1 Å². The van der Waals surface area contributed by atoms with Crippen molar-refractivity contribution in [1.29, 1.82) is 0 Å². The van der Waals surface area contributed by atoms with Gasteiger partial charge < -0.3 is 19.8 Å². The van der Waals surface area contributed by atoms with E-state index in [0.717, 1.165) is 22.0 Å². The first-order chi connectivity index (χ1) is 14.0. The van der Waals surface area contributed by atoms with Gasteiger partial charge >= 0.3 is 11.9 Å². The van der Waals surface area contributed by atoms with E-state index < -0.39 is 23.9 Å². The molecular formula is C22H22N2O5. The highest BCUT2D eigenvalue weighted by atomic mass is 16.5. The van der Waals surface area contributed by atoms with E-state index in [0.29, 0.717) is 5.56 Å². The maximum Gasteiger partial charge on any atom is 0.337 e. The maximum absolute atomic E-state index is 12.2. The molecule has 0 aliphatic heterocycles. The molecule has 0 aliphatic carbocycles. The Balaban J connectivity index is 1.49. The molecule has 1 amide bonds. The number of esters is 2. The molecule has 0 fully saturated rings. The number of carbonyl (C=O) groups excluding carboxylic acids is 3. The van der Waals surface area contributed by atoms with Gasteiger partial charge in [0.15, 0.2) is 6.10 Å². The molecule has 0 spiro atoms. The first kappa shape index (κ1) is 20.1. The van der Waals surface area contributed by atoms with Crippen LogP contribution in [0.15, 0.2) is 54.7 Å². The number of rotatable bonds is 7. The number of nitrogens with one attached hydrogen (secondary N) is 2. The number of aromatic nitrogens is 1. The number of aromatic amines is 1. The van der Waals surface area contributed by atoms with Gasteiger partial charge in [0.25, 0.3) is 5.91 Å². The summed E-state index contributed by atoms with van der Waals surface area (Å²) in [6, 6.07) is 14.4. The predicted molar refractivity (Wildman–Crippen MR) is 107 cm³/mol. The maximum atomic E-state index is 12.2. The Bertz CT molecular complexity index is 1020. The third-order valence-corrected chi connectivity index (χ3v) is 4.53. The van der Waals surface area contributed by atoms with Crippen molar-refractivity contribution in [3.8, 4) is 0 Å². The van der Waals surface area contributed by atoms with E-state index in [1.165, 1.54) is 14.0 Å². The van der Waals surface area contributed by atoms with Crippen LogP contribution in [0.1, 0.15) is 28.4 Å². The van der Waals surface area contributed by atoms with Gasteiger partial charge in [0.1, 0.15) is 0 Å². The van der Waals surface area contributed by atoms with E-state index in [1.54, 1.807) is 30.5 Å². The number of fused-ring (bicyclic) bond motifs is 1. The van der Waals surface area contributed by atoms with Gasteiger partial charge in [-0.05, 0) is 36.2 Å². The average Bonchev–Trinajstić information content (AvgIpc) is 3.14. The van der Waals surface area contributed by atoms with E-state index in [9.17, 15) is 14.4 Å². The fourth-order valence-electron chi connectivity index (χ4n) is 2.94. The number of carbonyl (C=O) groups is 3. The number of hydrogen-bond donors (Lipinski definition) is 2. The molecule has 0 radical (unpaired) electrons. The molecule has 1 heterocycles. The molecule has 7 nitrogen and oxygen atoms in total.